The summed E-state index contributed by atoms with van der Waals surface area (Å²) in [6.45, 7) is 20.5. The molecular weight excluding hydrogens is 1790 g/mol. The van der Waals surface area contributed by atoms with E-state index in [0.29, 0.717) is 144 Å². The van der Waals surface area contributed by atoms with Gasteiger partial charge < -0.3 is 58.6 Å². The van der Waals surface area contributed by atoms with Crippen molar-refractivity contribution in [3.8, 4) is 138 Å². The van der Waals surface area contributed by atoms with Gasteiger partial charge in [-0.3, -0.25) is 34.0 Å². The summed E-state index contributed by atoms with van der Waals surface area (Å²) in [5.74, 6) is 3.83. The third-order valence-electron chi connectivity index (χ3n) is 29.3. The number of rotatable bonds is 24. The Morgan fingerprint density at radius 1 is 0.415 bits per heavy atom. The number of aromatic nitrogens is 8. The smallest absolute Gasteiger partial charge is 0.306 e. The molecule has 4 spiro atoms. The molecule has 4 atom stereocenters. The Kier molecular flexibility index (Phi) is 28.1. The Labute approximate surface area is 825 Å². The Morgan fingerprint density at radius 2 is 0.810 bits per heavy atom. The Balaban J connectivity index is 0.000000125. The van der Waals surface area contributed by atoms with Crippen molar-refractivity contribution in [1.29, 1.82) is 21.0 Å². The van der Waals surface area contributed by atoms with E-state index >= 15 is 0 Å². The molecule has 8 heterocycles. The monoisotopic (exact) mass is 1900 g/mol. The molecule has 29 nitrogen and oxygen atoms in total. The van der Waals surface area contributed by atoms with E-state index in [2.05, 4.69) is 103 Å². The van der Waals surface area contributed by atoms with Crippen LogP contribution in [0.5, 0.6) is 23.0 Å². The molecule has 0 bridgehead atoms. The molecule has 8 aromatic carbocycles. The standard InChI is InChI=1S/C29H30N4O4.3C28H28N4O3/c1-17(2)36-25-7-6-18(12-20(25)15-30)27-31-26(32-37-27)23-4-3-5-24-22(23)8-9-29(24)10-11-33(16-29)21-13-19(14-21)28(34)35;1-18(2)35-25-7-6-19(14-20(25)16-29)24-9-11-30-27(31-24)22-4-3-5-23-21(22)8-10-28(23)15-26(34)32(17-28)12-13-33;1-18(2)35-25-7-6-19(12-20(25)14-29)27-30-15-21(16-31-27)22-4-3-5-24-23(22)8-9-28(24)13-26(34)32(17-28)10-11-33;1-18(2)35-26-7-6-19(12-20(26)14-29)24-15-31-25(16-30-24)22-4-3-5-23-21(22)8-9-28(23)13-27(34)32(17-28)10-11-33/h3-7,12,17,19,21H,8-11,13-14,16H2,1-2H3,(H,34,35);3-7,9,11,14,18,33H,8,10,12-13,15,17H2,1-2H3;2*3-7,12,15-16,18,33H,8-11,13,17H2,1-2H3. The second-order valence-corrected chi connectivity index (χ2v) is 39.7. The first-order valence-corrected chi connectivity index (χ1v) is 49.0. The molecule has 5 fully saturated rings. The fraction of sp³-hybridized carbons (Fsp3) is 0.381. The highest BCUT2D eigenvalue weighted by molar-refractivity contribution is 5.85. The van der Waals surface area contributed by atoms with Gasteiger partial charge in [0.2, 0.25) is 23.5 Å². The lowest BCUT2D eigenvalue weighted by molar-refractivity contribution is -0.147. The van der Waals surface area contributed by atoms with Crippen molar-refractivity contribution in [2.75, 3.05) is 72.2 Å². The van der Waals surface area contributed by atoms with E-state index in [-0.39, 0.29) is 89.5 Å². The number of aliphatic hydroxyl groups excluding tert-OH is 3. The highest BCUT2D eigenvalue weighted by Crippen LogP contribution is 2.54. The van der Waals surface area contributed by atoms with Gasteiger partial charge in [-0.05, 0) is 261 Å². The predicted molar refractivity (Wildman–Crippen MR) is 531 cm³/mol. The number of likely N-dealkylation sites (tertiary alicyclic amines) is 4. The zero-order valence-corrected chi connectivity index (χ0v) is 81.1. The van der Waals surface area contributed by atoms with Crippen molar-refractivity contribution in [1.82, 2.24) is 59.6 Å². The second kappa shape index (κ2) is 41.1. The van der Waals surface area contributed by atoms with Crippen molar-refractivity contribution >= 4 is 23.7 Å². The minimum atomic E-state index is -0.663. The quantitative estimate of drug-likeness (QED) is 0.0436. The molecule has 724 valence electrons. The lowest BCUT2D eigenvalue weighted by Crippen LogP contribution is -2.47. The topological polar surface area (TPSA) is 410 Å². The van der Waals surface area contributed by atoms with Crippen molar-refractivity contribution in [3.05, 3.63) is 249 Å². The van der Waals surface area contributed by atoms with E-state index in [9.17, 15) is 60.7 Å². The first-order chi connectivity index (χ1) is 68.7. The third-order valence-corrected chi connectivity index (χ3v) is 29.3. The maximum absolute atomic E-state index is 12.6. The lowest BCUT2D eigenvalue weighted by atomic mass is 9.78. The number of carboxylic acid groups (broad SMARTS) is 1. The SMILES string of the molecule is CC(C)Oc1ccc(-c2ccnc(-c3cccc4c3CCC43CC(=O)N(CCO)C3)n2)cc1C#N.CC(C)Oc1ccc(-c2cnc(-c3cccc4c3CCC43CC(=O)N(CCO)C3)cn2)cc1C#N.CC(C)Oc1ccc(-c2nc(-c3cccc4c3CCC43CCN(C4CC(C(=O)O)C4)C3)no2)cc1C#N.CC(C)Oc1ccc(-c2ncc(-c3cccc4c3CCC43CC(=O)N(CCO)C3)cn2)cc1C#N. The minimum Gasteiger partial charge on any atom is -0.490 e. The number of amides is 3. The van der Waals surface area contributed by atoms with E-state index in [1.807, 2.05) is 128 Å². The molecule has 3 amide bonds. The molecule has 4 N–H and O–H groups in total. The fourth-order valence-corrected chi connectivity index (χ4v) is 22.6. The van der Waals surface area contributed by atoms with Crippen LogP contribution in [0.3, 0.4) is 0 Å². The zero-order valence-electron chi connectivity index (χ0n) is 81.1. The van der Waals surface area contributed by atoms with Gasteiger partial charge in [0.15, 0.2) is 11.6 Å². The first-order valence-electron chi connectivity index (χ1n) is 49.0. The zero-order chi connectivity index (χ0) is 99.5. The van der Waals surface area contributed by atoms with E-state index in [1.165, 1.54) is 44.5 Å². The van der Waals surface area contributed by atoms with Gasteiger partial charge >= 0.3 is 5.97 Å². The van der Waals surface area contributed by atoms with Crippen LogP contribution in [0, 0.1) is 51.2 Å². The normalized spacial score (nSPS) is 20.4. The summed E-state index contributed by atoms with van der Waals surface area (Å²) in [5, 5.41) is 79.8. The van der Waals surface area contributed by atoms with E-state index in [1.54, 1.807) is 75.8 Å². The number of nitrogens with zero attached hydrogens (tertiary/aromatic N) is 16. The number of aliphatic carboxylic acids is 1. The number of hydrogen-bond donors (Lipinski definition) is 4. The molecule has 4 unspecified atom stereocenters. The minimum absolute atomic E-state index is 0.0122. The van der Waals surface area contributed by atoms with Crippen molar-refractivity contribution in [3.63, 3.8) is 0 Å². The van der Waals surface area contributed by atoms with Gasteiger partial charge in [0.05, 0.1) is 102 Å². The number of carbonyl (C=O) groups excluding carboxylic acids is 3. The Bertz CT molecular complexity index is 6810. The third kappa shape index (κ3) is 19.5. The summed E-state index contributed by atoms with van der Waals surface area (Å²) in [4.78, 5) is 89.5. The number of benzene rings is 8. The molecule has 4 aromatic heterocycles. The van der Waals surface area contributed by atoms with Gasteiger partial charge in [-0.2, -0.15) is 26.0 Å². The number of β-amino-alcohol motifs (C(OH)–C–C–N with tert-alkyl or cyclic N) is 3. The molecule has 4 saturated heterocycles. The number of ether oxygens (including phenoxy) is 4. The summed E-state index contributed by atoms with van der Waals surface area (Å²) < 4.78 is 28.5. The van der Waals surface area contributed by atoms with Crippen molar-refractivity contribution in [2.45, 2.75) is 197 Å². The maximum Gasteiger partial charge on any atom is 0.306 e. The molecule has 21 rings (SSSR count). The Morgan fingerprint density at radius 3 is 1.26 bits per heavy atom. The summed E-state index contributed by atoms with van der Waals surface area (Å²) in [6.07, 6.45) is 20.3. The molecule has 142 heavy (non-hydrogen) atoms. The van der Waals surface area contributed by atoms with Crippen molar-refractivity contribution < 1.29 is 63.1 Å². The number of carboxylic acids is 1. The van der Waals surface area contributed by atoms with E-state index in [4.69, 9.17) is 38.4 Å². The summed E-state index contributed by atoms with van der Waals surface area (Å²) in [5.41, 5.74) is 21.7. The highest BCUT2D eigenvalue weighted by Gasteiger charge is 2.53. The van der Waals surface area contributed by atoms with E-state index in [0.717, 1.165) is 140 Å². The first kappa shape index (κ1) is 97.3. The van der Waals surface area contributed by atoms with E-state index < -0.39 is 5.97 Å². The molecule has 4 aliphatic heterocycles. The van der Waals surface area contributed by atoms with Crippen molar-refractivity contribution in [2.24, 2.45) is 5.92 Å². The number of fused-ring (bicyclic) bond motifs is 8. The molecule has 1 saturated carbocycles. The molecule has 12 aromatic rings. The van der Waals surface area contributed by atoms with Gasteiger partial charge in [-0.25, -0.2) is 19.9 Å². The summed E-state index contributed by atoms with van der Waals surface area (Å²) in [6, 6.07) is 57.8. The predicted octanol–water partition coefficient (Wildman–Crippen LogP) is 16.4. The van der Waals surface area contributed by atoms with Crippen LogP contribution in [0.4, 0.5) is 0 Å². The van der Waals surface area contributed by atoms with Gasteiger partial charge in [-0.15, -0.1) is 0 Å². The number of aliphatic hydroxyl groups is 3. The van der Waals surface area contributed by atoms with Crippen LogP contribution in [0.15, 0.2) is 187 Å². The Hall–Kier alpha value is -15.0. The average Bonchev–Trinajstić information content (AvgIpc) is 1.60. The van der Waals surface area contributed by atoms with Gasteiger partial charge in [0, 0.05) is 156 Å². The van der Waals surface area contributed by atoms with Crippen LogP contribution in [0.25, 0.3) is 90.5 Å². The summed E-state index contributed by atoms with van der Waals surface area (Å²) >= 11 is 0. The van der Waals surface area contributed by atoms with Crippen LogP contribution < -0.4 is 18.9 Å². The van der Waals surface area contributed by atoms with Crippen LogP contribution in [0.2, 0.25) is 0 Å². The fourth-order valence-electron chi connectivity index (χ4n) is 22.6. The van der Waals surface area contributed by atoms with Gasteiger partial charge in [0.25, 0.3) is 5.89 Å². The van der Waals surface area contributed by atoms with Gasteiger partial charge in [-0.1, -0.05) is 78.0 Å². The summed E-state index contributed by atoms with van der Waals surface area (Å²) in [7, 11) is 0. The molecular formula is C113H114N16O13. The molecule has 5 aliphatic carbocycles. The van der Waals surface area contributed by atoms with Crippen LogP contribution in [-0.4, -0.2) is 206 Å². The molecule has 9 aliphatic rings. The van der Waals surface area contributed by atoms with Gasteiger partial charge in [0.1, 0.15) is 47.3 Å². The lowest BCUT2D eigenvalue weighted by Gasteiger charge is -2.40. The largest absolute Gasteiger partial charge is 0.490 e. The molecule has 0 radical (unpaired) electrons. The average molecular weight is 1900 g/mol. The van der Waals surface area contributed by atoms with Crippen LogP contribution in [-0.2, 0) is 66.5 Å². The van der Waals surface area contributed by atoms with Crippen LogP contribution >= 0.6 is 0 Å². The highest BCUT2D eigenvalue weighted by atomic mass is 16.5. The number of nitriles is 4. The molecule has 29 heteroatoms. The second-order valence-electron chi connectivity index (χ2n) is 39.7. The maximum atomic E-state index is 12.6. The van der Waals surface area contributed by atoms with Crippen LogP contribution in [0.1, 0.15) is 186 Å². The number of carbonyl (C=O) groups is 4. The number of hydrogen-bond acceptors (Lipinski definition) is 25.